The molecule has 1 fully saturated rings. The Morgan fingerprint density at radius 3 is 2.77 bits per heavy atom. The summed E-state index contributed by atoms with van der Waals surface area (Å²) in [4.78, 5) is 16.4. The van der Waals surface area contributed by atoms with Crippen molar-refractivity contribution in [2.75, 3.05) is 31.1 Å². The summed E-state index contributed by atoms with van der Waals surface area (Å²) in [5, 5.41) is 1.28. The fraction of sp³-hybridized carbons (Fsp3) is 0.294. The highest BCUT2D eigenvalue weighted by Gasteiger charge is 2.18. The minimum Gasteiger partial charge on any atom is -0.361 e. The third kappa shape index (κ3) is 2.67. The summed E-state index contributed by atoms with van der Waals surface area (Å²) in [7, 11) is 0. The first-order valence-electron chi connectivity index (χ1n) is 7.68. The van der Waals surface area contributed by atoms with Crippen LogP contribution in [0.3, 0.4) is 0 Å². The van der Waals surface area contributed by atoms with E-state index in [4.69, 9.17) is 0 Å². The smallest absolute Gasteiger partial charge is 0.131 e. The number of H-pyrrole nitrogens is 1. The molecule has 0 amide bonds. The van der Waals surface area contributed by atoms with Crippen LogP contribution in [0.25, 0.3) is 10.9 Å². The highest BCUT2D eigenvalue weighted by molar-refractivity contribution is 5.79. The van der Waals surface area contributed by atoms with Gasteiger partial charge in [0.25, 0.3) is 0 Å². The molecule has 112 valence electrons. The molecule has 5 heteroatoms. The zero-order chi connectivity index (χ0) is 14.8. The number of nitrogens with one attached hydrogen (secondary N) is 1. The van der Waals surface area contributed by atoms with Crippen molar-refractivity contribution < 1.29 is 0 Å². The molecule has 3 heterocycles. The first-order chi connectivity index (χ1) is 10.9. The molecule has 4 rings (SSSR count). The van der Waals surface area contributed by atoms with Crippen LogP contribution in [-0.4, -0.2) is 46.0 Å². The van der Waals surface area contributed by atoms with E-state index < -0.39 is 0 Å². The number of aromatic nitrogens is 3. The first kappa shape index (κ1) is 13.3. The van der Waals surface area contributed by atoms with Gasteiger partial charge in [-0.05, 0) is 29.1 Å². The number of aromatic amines is 1. The fourth-order valence-corrected chi connectivity index (χ4v) is 3.06. The van der Waals surface area contributed by atoms with E-state index >= 15 is 0 Å². The van der Waals surface area contributed by atoms with Gasteiger partial charge in [0.1, 0.15) is 12.1 Å². The van der Waals surface area contributed by atoms with E-state index in [-0.39, 0.29) is 0 Å². The van der Waals surface area contributed by atoms with E-state index in [1.165, 1.54) is 16.5 Å². The van der Waals surface area contributed by atoms with E-state index in [2.05, 4.69) is 49.0 Å². The van der Waals surface area contributed by atoms with Gasteiger partial charge in [0.05, 0.1) is 0 Å². The molecule has 1 aliphatic rings. The summed E-state index contributed by atoms with van der Waals surface area (Å²) in [6.07, 6.45) is 5.42. The molecule has 1 aromatic carbocycles. The molecule has 0 saturated carbocycles. The quantitative estimate of drug-likeness (QED) is 0.805. The predicted molar refractivity (Wildman–Crippen MR) is 87.8 cm³/mol. The van der Waals surface area contributed by atoms with Gasteiger partial charge in [-0.1, -0.05) is 12.1 Å². The number of benzene rings is 1. The highest BCUT2D eigenvalue weighted by atomic mass is 15.3. The van der Waals surface area contributed by atoms with Crippen molar-refractivity contribution >= 4 is 16.7 Å². The molecule has 0 atom stereocenters. The van der Waals surface area contributed by atoms with Gasteiger partial charge in [-0.15, -0.1) is 0 Å². The van der Waals surface area contributed by atoms with E-state index in [1.54, 1.807) is 12.5 Å². The minimum absolute atomic E-state index is 1.01. The van der Waals surface area contributed by atoms with Crippen LogP contribution in [0.1, 0.15) is 5.56 Å². The molecule has 0 spiro atoms. The molecular weight excluding hydrogens is 274 g/mol. The normalized spacial score (nSPS) is 16.3. The van der Waals surface area contributed by atoms with Crippen LogP contribution >= 0.6 is 0 Å². The summed E-state index contributed by atoms with van der Waals surface area (Å²) in [5.74, 6) is 1.03. The standard InChI is InChI=1S/C17H19N5/c1-2-15-3-6-19-16(15)11-14(1)12-21-7-9-22(10-8-21)17-4-5-18-13-20-17/h1-6,11,13,19H,7-10,12H2. The fourth-order valence-electron chi connectivity index (χ4n) is 3.06. The Morgan fingerprint density at radius 2 is 1.95 bits per heavy atom. The van der Waals surface area contributed by atoms with E-state index in [1.807, 2.05) is 12.3 Å². The average molecular weight is 293 g/mol. The van der Waals surface area contributed by atoms with E-state index in [0.29, 0.717) is 0 Å². The molecule has 0 aliphatic carbocycles. The number of anilines is 1. The minimum atomic E-state index is 1.01. The van der Waals surface area contributed by atoms with Crippen LogP contribution in [0, 0.1) is 0 Å². The summed E-state index contributed by atoms with van der Waals surface area (Å²) in [6.45, 7) is 5.16. The van der Waals surface area contributed by atoms with Gasteiger partial charge in [-0.3, -0.25) is 4.90 Å². The van der Waals surface area contributed by atoms with Crippen molar-refractivity contribution in [1.82, 2.24) is 19.9 Å². The monoisotopic (exact) mass is 293 g/mol. The second-order valence-corrected chi connectivity index (χ2v) is 5.73. The zero-order valence-electron chi connectivity index (χ0n) is 12.4. The molecule has 22 heavy (non-hydrogen) atoms. The molecular formula is C17H19N5. The number of fused-ring (bicyclic) bond motifs is 1. The highest BCUT2D eigenvalue weighted by Crippen LogP contribution is 2.17. The van der Waals surface area contributed by atoms with Gasteiger partial charge in [-0.25, -0.2) is 9.97 Å². The van der Waals surface area contributed by atoms with Crippen LogP contribution in [0.4, 0.5) is 5.82 Å². The third-order valence-electron chi connectivity index (χ3n) is 4.29. The maximum Gasteiger partial charge on any atom is 0.131 e. The van der Waals surface area contributed by atoms with Crippen molar-refractivity contribution in [3.8, 4) is 0 Å². The van der Waals surface area contributed by atoms with Crippen LogP contribution in [0.2, 0.25) is 0 Å². The Bertz CT molecular complexity index is 744. The molecule has 1 saturated heterocycles. The Balaban J connectivity index is 1.39. The van der Waals surface area contributed by atoms with E-state index in [0.717, 1.165) is 38.5 Å². The van der Waals surface area contributed by atoms with Gasteiger partial charge in [0, 0.05) is 50.6 Å². The lowest BCUT2D eigenvalue weighted by molar-refractivity contribution is 0.249. The van der Waals surface area contributed by atoms with Crippen LogP contribution in [0.5, 0.6) is 0 Å². The summed E-state index contributed by atoms with van der Waals surface area (Å²) in [6, 6.07) is 10.8. The Morgan fingerprint density at radius 1 is 1.05 bits per heavy atom. The second kappa shape index (κ2) is 5.77. The van der Waals surface area contributed by atoms with Crippen LogP contribution in [0.15, 0.2) is 49.1 Å². The van der Waals surface area contributed by atoms with Gasteiger partial charge < -0.3 is 9.88 Å². The average Bonchev–Trinajstić information content (AvgIpc) is 3.04. The van der Waals surface area contributed by atoms with Crippen molar-refractivity contribution in [2.24, 2.45) is 0 Å². The summed E-state index contributed by atoms with van der Waals surface area (Å²) < 4.78 is 0. The summed E-state index contributed by atoms with van der Waals surface area (Å²) in [5.41, 5.74) is 2.59. The second-order valence-electron chi connectivity index (χ2n) is 5.73. The molecule has 1 aliphatic heterocycles. The number of nitrogens with zero attached hydrogens (tertiary/aromatic N) is 4. The molecule has 2 aromatic heterocycles. The lowest BCUT2D eigenvalue weighted by Gasteiger charge is -2.35. The van der Waals surface area contributed by atoms with Gasteiger partial charge in [-0.2, -0.15) is 0 Å². The van der Waals surface area contributed by atoms with Crippen molar-refractivity contribution in [3.63, 3.8) is 0 Å². The topological polar surface area (TPSA) is 48.0 Å². The van der Waals surface area contributed by atoms with Gasteiger partial charge >= 0.3 is 0 Å². The lowest BCUT2D eigenvalue weighted by Crippen LogP contribution is -2.46. The Labute approximate surface area is 129 Å². The van der Waals surface area contributed by atoms with Crippen molar-refractivity contribution in [3.05, 3.63) is 54.6 Å². The molecule has 1 N–H and O–H groups in total. The van der Waals surface area contributed by atoms with Crippen LogP contribution < -0.4 is 4.90 Å². The summed E-state index contributed by atoms with van der Waals surface area (Å²) >= 11 is 0. The molecule has 0 unspecified atom stereocenters. The zero-order valence-corrected chi connectivity index (χ0v) is 12.4. The molecule has 3 aromatic rings. The van der Waals surface area contributed by atoms with Crippen molar-refractivity contribution in [1.29, 1.82) is 0 Å². The Hall–Kier alpha value is -2.40. The lowest BCUT2D eigenvalue weighted by atomic mass is 10.1. The Kier molecular flexibility index (Phi) is 3.48. The predicted octanol–water partition coefficient (Wildman–Crippen LogP) is 2.28. The third-order valence-corrected chi connectivity index (χ3v) is 4.29. The SMILES string of the molecule is c1cc(N2CCN(Cc3ccc4cc[nH]c4c3)CC2)ncn1. The van der Waals surface area contributed by atoms with Gasteiger partial charge in [0.15, 0.2) is 0 Å². The number of piperazine rings is 1. The number of rotatable bonds is 3. The van der Waals surface area contributed by atoms with Gasteiger partial charge in [0.2, 0.25) is 0 Å². The first-order valence-corrected chi connectivity index (χ1v) is 7.68. The van der Waals surface area contributed by atoms with Crippen LogP contribution in [-0.2, 0) is 6.54 Å². The largest absolute Gasteiger partial charge is 0.361 e. The van der Waals surface area contributed by atoms with Crippen molar-refractivity contribution in [2.45, 2.75) is 6.54 Å². The molecule has 0 bridgehead atoms. The van der Waals surface area contributed by atoms with E-state index in [9.17, 15) is 0 Å². The number of hydrogen-bond donors (Lipinski definition) is 1. The maximum absolute atomic E-state index is 4.33. The number of hydrogen-bond acceptors (Lipinski definition) is 4. The molecule has 5 nitrogen and oxygen atoms in total. The molecule has 0 radical (unpaired) electrons. The maximum atomic E-state index is 4.33.